The molecule has 172 valence electrons. The summed E-state index contributed by atoms with van der Waals surface area (Å²) in [6.07, 6.45) is -2.60. The monoisotopic (exact) mass is 460 g/mol. The van der Waals surface area contributed by atoms with Gasteiger partial charge in [0.25, 0.3) is 11.8 Å². The molecule has 3 aromatic rings. The van der Waals surface area contributed by atoms with E-state index < -0.39 is 34.9 Å². The van der Waals surface area contributed by atoms with E-state index in [2.05, 4.69) is 26.6 Å². The smallest absolute Gasteiger partial charge is 0.355 e. The number of halogens is 3. The minimum Gasteiger partial charge on any atom is -0.355 e. The van der Waals surface area contributed by atoms with E-state index in [1.54, 1.807) is 24.4 Å². The van der Waals surface area contributed by atoms with Crippen LogP contribution in [-0.2, 0) is 15.8 Å². The molecule has 1 saturated heterocycles. The Hall–Kier alpha value is -4.09. The van der Waals surface area contributed by atoms with Gasteiger partial charge in [-0.1, -0.05) is 6.07 Å². The lowest BCUT2D eigenvalue weighted by Gasteiger charge is -2.19. The minimum absolute atomic E-state index is 0.0526. The highest BCUT2D eigenvalue weighted by Crippen LogP contribution is 2.31. The molecular weight excluding hydrogens is 441 g/mol. The number of nitrogens with one attached hydrogen (secondary N) is 4. The van der Waals surface area contributed by atoms with Gasteiger partial charge in [-0.05, 0) is 49.7 Å². The molecule has 1 aliphatic rings. The zero-order valence-corrected chi connectivity index (χ0v) is 17.3. The Balaban J connectivity index is 1.58. The number of pyridine rings is 1. The molecule has 1 aromatic carbocycles. The van der Waals surface area contributed by atoms with Gasteiger partial charge in [0.2, 0.25) is 5.91 Å². The lowest BCUT2D eigenvalue weighted by molar-refractivity contribution is -0.140. The van der Waals surface area contributed by atoms with Gasteiger partial charge in [0, 0.05) is 18.4 Å². The summed E-state index contributed by atoms with van der Waals surface area (Å²) in [6.45, 7) is 1.83. The van der Waals surface area contributed by atoms with Crippen LogP contribution in [0.5, 0.6) is 0 Å². The van der Waals surface area contributed by atoms with Crippen LogP contribution in [0.2, 0.25) is 0 Å². The number of anilines is 2. The fourth-order valence-corrected chi connectivity index (χ4v) is 3.45. The molecule has 12 heteroatoms. The molecule has 0 radical (unpaired) electrons. The van der Waals surface area contributed by atoms with E-state index in [0.717, 1.165) is 12.1 Å². The van der Waals surface area contributed by atoms with Crippen LogP contribution in [0.15, 0.2) is 48.7 Å². The van der Waals surface area contributed by atoms with Crippen LogP contribution in [0.25, 0.3) is 5.52 Å². The Morgan fingerprint density at radius 3 is 2.48 bits per heavy atom. The van der Waals surface area contributed by atoms with Crippen LogP contribution < -0.4 is 21.5 Å². The lowest BCUT2D eigenvalue weighted by atomic mass is 9.88. The van der Waals surface area contributed by atoms with Crippen LogP contribution in [0.3, 0.4) is 0 Å². The maximum absolute atomic E-state index is 13.0. The average molecular weight is 460 g/mol. The number of hydrogen-bond donors (Lipinski definition) is 4. The predicted molar refractivity (Wildman–Crippen MR) is 111 cm³/mol. The molecule has 4 N–H and O–H groups in total. The van der Waals surface area contributed by atoms with E-state index >= 15 is 0 Å². The molecule has 1 atom stereocenters. The van der Waals surface area contributed by atoms with Crippen molar-refractivity contribution in [3.05, 3.63) is 59.8 Å². The normalized spacial score (nSPS) is 18.1. The molecule has 33 heavy (non-hydrogen) atoms. The van der Waals surface area contributed by atoms with Gasteiger partial charge in [0.15, 0.2) is 5.82 Å². The number of hydrazine groups is 1. The number of rotatable bonds is 4. The molecule has 4 rings (SSSR count). The summed E-state index contributed by atoms with van der Waals surface area (Å²) < 4.78 is 39.9. The van der Waals surface area contributed by atoms with Gasteiger partial charge < -0.3 is 10.6 Å². The molecule has 9 nitrogen and oxygen atoms in total. The quantitative estimate of drug-likeness (QED) is 0.352. The summed E-state index contributed by atoms with van der Waals surface area (Å²) in [5, 5.41) is 9.69. The first-order valence-corrected chi connectivity index (χ1v) is 9.90. The second-order valence-electron chi connectivity index (χ2n) is 7.70. The molecule has 0 saturated carbocycles. The number of carbonyl (C=O) groups excluding carboxylic acids is 3. The van der Waals surface area contributed by atoms with Crippen LogP contribution in [0, 0.1) is 5.41 Å². The fourth-order valence-electron chi connectivity index (χ4n) is 3.45. The van der Waals surface area contributed by atoms with Gasteiger partial charge in [0.1, 0.15) is 11.0 Å². The first kappa shape index (κ1) is 22.1. The molecular formula is C21H19F3N6O3. The molecule has 0 spiro atoms. The Labute approximate surface area is 185 Å². The largest absolute Gasteiger partial charge is 0.416 e. The number of benzene rings is 1. The molecule has 1 fully saturated rings. The number of hydrogen-bond acceptors (Lipinski definition) is 5. The van der Waals surface area contributed by atoms with Crippen LogP contribution in [-0.4, -0.2) is 33.9 Å². The second-order valence-corrected chi connectivity index (χ2v) is 7.70. The van der Waals surface area contributed by atoms with Gasteiger partial charge >= 0.3 is 6.18 Å². The van der Waals surface area contributed by atoms with Gasteiger partial charge in [-0.25, -0.2) is 4.52 Å². The third-order valence-corrected chi connectivity index (χ3v) is 5.44. The van der Waals surface area contributed by atoms with Crippen LogP contribution in [0.4, 0.5) is 24.7 Å². The maximum Gasteiger partial charge on any atom is 0.416 e. The zero-order chi connectivity index (χ0) is 23.8. The number of carbonyl (C=O) groups is 3. The summed E-state index contributed by atoms with van der Waals surface area (Å²) in [4.78, 5) is 37.4. The van der Waals surface area contributed by atoms with Crippen molar-refractivity contribution in [3.63, 3.8) is 0 Å². The Morgan fingerprint density at radius 1 is 1.12 bits per heavy atom. The maximum atomic E-state index is 13.0. The van der Waals surface area contributed by atoms with Crippen molar-refractivity contribution in [1.29, 1.82) is 0 Å². The van der Waals surface area contributed by atoms with Crippen molar-refractivity contribution in [1.82, 2.24) is 25.8 Å². The van der Waals surface area contributed by atoms with Crippen molar-refractivity contribution in [3.8, 4) is 0 Å². The van der Waals surface area contributed by atoms with Crippen molar-refractivity contribution < 1.29 is 27.6 Å². The highest BCUT2D eigenvalue weighted by molar-refractivity contribution is 6.09. The van der Waals surface area contributed by atoms with Crippen LogP contribution >= 0.6 is 0 Å². The minimum atomic E-state index is -4.47. The molecule has 3 amide bonds. The van der Waals surface area contributed by atoms with E-state index in [1.165, 1.54) is 23.6 Å². The van der Waals surface area contributed by atoms with Crippen molar-refractivity contribution in [2.24, 2.45) is 5.41 Å². The lowest BCUT2D eigenvalue weighted by Crippen LogP contribution is -2.51. The zero-order valence-electron chi connectivity index (χ0n) is 17.3. The summed E-state index contributed by atoms with van der Waals surface area (Å²) >= 11 is 0. The molecule has 0 aliphatic carbocycles. The Morgan fingerprint density at radius 2 is 1.85 bits per heavy atom. The number of aromatic nitrogens is 2. The number of nitrogens with zero attached hydrogens (tertiary/aromatic N) is 2. The van der Waals surface area contributed by atoms with Gasteiger partial charge in [-0.15, -0.1) is 5.10 Å². The molecule has 3 heterocycles. The Bertz CT molecular complexity index is 1240. The van der Waals surface area contributed by atoms with E-state index in [0.29, 0.717) is 12.1 Å². The first-order chi connectivity index (χ1) is 15.6. The van der Waals surface area contributed by atoms with Crippen LogP contribution in [0.1, 0.15) is 29.3 Å². The number of fused-ring (bicyclic) bond motifs is 1. The fraction of sp³-hybridized carbons (Fsp3) is 0.238. The number of amides is 3. The summed E-state index contributed by atoms with van der Waals surface area (Å²) in [5.41, 5.74) is 3.17. The molecule has 2 aromatic heterocycles. The summed E-state index contributed by atoms with van der Waals surface area (Å²) in [7, 11) is 0. The van der Waals surface area contributed by atoms with E-state index in [4.69, 9.17) is 0 Å². The van der Waals surface area contributed by atoms with E-state index in [-0.39, 0.29) is 23.5 Å². The topological polar surface area (TPSA) is 117 Å². The predicted octanol–water partition coefficient (Wildman–Crippen LogP) is 2.38. The van der Waals surface area contributed by atoms with Gasteiger partial charge in [-0.3, -0.25) is 25.2 Å². The van der Waals surface area contributed by atoms with E-state index in [1.807, 2.05) is 0 Å². The Kier molecular flexibility index (Phi) is 5.44. The summed E-state index contributed by atoms with van der Waals surface area (Å²) in [5.74, 6) is -1.76. The average Bonchev–Trinajstić information content (AvgIpc) is 3.31. The standard InChI is InChI=1S/C21H19F3N6O3/c1-20(9-10-25-18(20)32)19(33)28-27-17(31)15-14-4-2-3-11-30(14)29-16(15)26-13-7-5-12(6-8-13)21(22,23)24/h2-8,11H,9-10H2,1H3,(H,25,32)(H,26,29)(H,27,31)(H,28,33)/t20-/m1/s1. The van der Waals surface area contributed by atoms with Crippen molar-refractivity contribution in [2.75, 3.05) is 11.9 Å². The highest BCUT2D eigenvalue weighted by atomic mass is 19.4. The summed E-state index contributed by atoms with van der Waals surface area (Å²) in [6, 6.07) is 9.24. The van der Waals surface area contributed by atoms with Gasteiger partial charge in [0.05, 0.1) is 11.1 Å². The first-order valence-electron chi connectivity index (χ1n) is 9.90. The SMILES string of the molecule is C[C@@]1(C(=O)NNC(=O)c2c(Nc3ccc(C(F)(F)F)cc3)nn3ccccc23)CCNC1=O. The third-order valence-electron chi connectivity index (χ3n) is 5.44. The van der Waals surface area contributed by atoms with Gasteiger partial charge in [-0.2, -0.15) is 13.2 Å². The number of alkyl halides is 3. The highest BCUT2D eigenvalue weighted by Gasteiger charge is 2.45. The van der Waals surface area contributed by atoms with Crippen molar-refractivity contribution in [2.45, 2.75) is 19.5 Å². The molecule has 0 bridgehead atoms. The van der Waals surface area contributed by atoms with Crippen molar-refractivity contribution >= 4 is 34.7 Å². The third kappa shape index (κ3) is 4.19. The van der Waals surface area contributed by atoms with E-state index in [9.17, 15) is 27.6 Å². The molecule has 0 unspecified atom stereocenters. The second kappa shape index (κ2) is 8.11. The molecule has 1 aliphatic heterocycles.